The average molecular weight is 585 g/mol. The number of ether oxygens (including phenoxy) is 2. The van der Waals surface area contributed by atoms with E-state index in [1.54, 1.807) is 49.6 Å². The van der Waals surface area contributed by atoms with Crippen LogP contribution < -0.4 is 9.47 Å². The smallest absolute Gasteiger partial charge is 0.416 e. The predicted molar refractivity (Wildman–Crippen MR) is 156 cm³/mol. The Hall–Kier alpha value is -3.56. The third kappa shape index (κ3) is 8.49. The fourth-order valence-electron chi connectivity index (χ4n) is 5.56. The number of alkyl halides is 3. The van der Waals surface area contributed by atoms with Crippen LogP contribution in [0.2, 0.25) is 0 Å². The molecule has 1 saturated heterocycles. The summed E-state index contributed by atoms with van der Waals surface area (Å²) in [7, 11) is 1.58. The van der Waals surface area contributed by atoms with E-state index in [0.717, 1.165) is 6.07 Å². The van der Waals surface area contributed by atoms with Gasteiger partial charge in [-0.1, -0.05) is 50.2 Å². The molecule has 42 heavy (non-hydrogen) atoms. The number of nitrogens with zero attached hydrogens (tertiary/aromatic N) is 2. The summed E-state index contributed by atoms with van der Waals surface area (Å²) in [6.45, 7) is 6.33. The van der Waals surface area contributed by atoms with Crippen molar-refractivity contribution in [2.24, 2.45) is 11.8 Å². The molecule has 0 saturated carbocycles. The number of carbonyl (C=O) groups excluding carboxylic acids is 1. The third-order valence-electron chi connectivity index (χ3n) is 7.48. The van der Waals surface area contributed by atoms with E-state index in [1.165, 1.54) is 12.1 Å². The summed E-state index contributed by atoms with van der Waals surface area (Å²) in [5.41, 5.74) is 0.470. The maximum atomic E-state index is 13.6. The summed E-state index contributed by atoms with van der Waals surface area (Å²) in [4.78, 5) is 17.4. The highest BCUT2D eigenvalue weighted by Gasteiger charge is 2.38. The molecule has 1 heterocycles. The number of amides is 1. The quantitative estimate of drug-likeness (QED) is 0.284. The lowest BCUT2D eigenvalue weighted by atomic mass is 9.87. The zero-order valence-corrected chi connectivity index (χ0v) is 24.3. The van der Waals surface area contributed by atoms with Crippen molar-refractivity contribution in [3.8, 4) is 11.5 Å². The number of hydrogen-bond donors (Lipinski definition) is 1. The Morgan fingerprint density at radius 2 is 1.69 bits per heavy atom. The zero-order chi connectivity index (χ0) is 30.3. The molecule has 0 aliphatic carbocycles. The van der Waals surface area contributed by atoms with Gasteiger partial charge in [0.05, 0.1) is 12.7 Å². The number of carbonyl (C=O) groups is 1. The number of methoxy groups -OCH3 is 1. The molecule has 0 spiro atoms. The lowest BCUT2D eigenvalue weighted by molar-refractivity contribution is -0.137. The molecular weight excluding hydrogens is 545 g/mol. The first-order valence-electron chi connectivity index (χ1n) is 14.2. The van der Waals surface area contributed by atoms with Gasteiger partial charge in [0.1, 0.15) is 24.2 Å². The summed E-state index contributed by atoms with van der Waals surface area (Å²) < 4.78 is 51.7. The van der Waals surface area contributed by atoms with Crippen molar-refractivity contribution in [1.29, 1.82) is 0 Å². The number of benzene rings is 3. The molecule has 6 nitrogen and oxygen atoms in total. The molecule has 9 heteroatoms. The molecule has 1 N–H and O–H groups in total. The molecule has 0 bridgehead atoms. The van der Waals surface area contributed by atoms with Gasteiger partial charge in [0.15, 0.2) is 0 Å². The van der Waals surface area contributed by atoms with Crippen LogP contribution in [0.15, 0.2) is 78.9 Å². The first-order valence-corrected chi connectivity index (χ1v) is 14.2. The van der Waals surface area contributed by atoms with Crippen LogP contribution in [0.25, 0.3) is 0 Å². The van der Waals surface area contributed by atoms with E-state index in [2.05, 4.69) is 4.90 Å². The minimum absolute atomic E-state index is 0.0632. The van der Waals surface area contributed by atoms with Crippen molar-refractivity contribution >= 4 is 5.91 Å². The van der Waals surface area contributed by atoms with E-state index in [0.29, 0.717) is 55.3 Å². The Bertz CT molecular complexity index is 1280. The molecule has 1 aliphatic heterocycles. The van der Waals surface area contributed by atoms with E-state index < -0.39 is 17.8 Å². The molecule has 3 aromatic carbocycles. The minimum atomic E-state index is -4.45. The molecule has 3 atom stereocenters. The van der Waals surface area contributed by atoms with Crippen LogP contribution in [-0.4, -0.2) is 73.4 Å². The molecule has 1 amide bonds. The molecule has 1 aliphatic rings. The van der Waals surface area contributed by atoms with Gasteiger partial charge in [0, 0.05) is 44.2 Å². The van der Waals surface area contributed by atoms with Crippen molar-refractivity contribution in [3.05, 3.63) is 95.6 Å². The highest BCUT2D eigenvalue weighted by Crippen LogP contribution is 2.37. The Kier molecular flexibility index (Phi) is 10.5. The highest BCUT2D eigenvalue weighted by molar-refractivity contribution is 5.94. The van der Waals surface area contributed by atoms with Gasteiger partial charge in [0.25, 0.3) is 5.91 Å². The normalized spacial score (nSPS) is 18.2. The Labute approximate surface area is 245 Å². The van der Waals surface area contributed by atoms with Gasteiger partial charge in [-0.15, -0.1) is 0 Å². The van der Waals surface area contributed by atoms with Gasteiger partial charge in [-0.25, -0.2) is 0 Å². The van der Waals surface area contributed by atoms with Crippen LogP contribution in [0.1, 0.15) is 41.3 Å². The minimum Gasteiger partial charge on any atom is -0.497 e. The predicted octanol–water partition coefficient (Wildman–Crippen LogP) is 5.97. The van der Waals surface area contributed by atoms with E-state index >= 15 is 0 Å². The van der Waals surface area contributed by atoms with Crippen LogP contribution in [0.5, 0.6) is 11.5 Å². The van der Waals surface area contributed by atoms with Gasteiger partial charge in [-0.2, -0.15) is 13.2 Å². The average Bonchev–Trinajstić information content (AvgIpc) is 3.37. The van der Waals surface area contributed by atoms with Crippen molar-refractivity contribution in [1.82, 2.24) is 9.80 Å². The summed E-state index contributed by atoms with van der Waals surface area (Å²) in [5.74, 6) is 1.02. The molecule has 3 unspecified atom stereocenters. The van der Waals surface area contributed by atoms with Crippen molar-refractivity contribution in [2.45, 2.75) is 32.0 Å². The molecule has 0 radical (unpaired) electrons. The van der Waals surface area contributed by atoms with Crippen LogP contribution in [0, 0.1) is 11.8 Å². The Balaban J connectivity index is 1.52. The number of aliphatic hydroxyl groups excluding tert-OH is 1. The van der Waals surface area contributed by atoms with Crippen molar-refractivity contribution < 1.29 is 32.5 Å². The largest absolute Gasteiger partial charge is 0.497 e. The standard InChI is InChI=1S/C33H39F3N2O4/c1-23(2)17-38(32(40)24-8-5-4-6-9-24)19-26-18-37(20-28(39)22-42-30-14-12-29(41-3)13-15-30)21-31(26)25-10-7-11-27(16-25)33(34,35)36/h4-16,23,26,28,31,39H,17-22H2,1-3H3. The second-order valence-electron chi connectivity index (χ2n) is 11.3. The van der Waals surface area contributed by atoms with E-state index in [4.69, 9.17) is 9.47 Å². The monoisotopic (exact) mass is 584 g/mol. The fraction of sp³-hybridized carbons (Fsp3) is 0.424. The molecule has 4 rings (SSSR count). The second kappa shape index (κ2) is 14.1. The second-order valence-corrected chi connectivity index (χ2v) is 11.3. The number of aliphatic hydroxyl groups is 1. The molecular formula is C33H39F3N2O4. The van der Waals surface area contributed by atoms with Gasteiger partial charge >= 0.3 is 6.18 Å². The van der Waals surface area contributed by atoms with Gasteiger partial charge in [-0.05, 0) is 59.9 Å². The maximum absolute atomic E-state index is 13.6. The molecule has 1 fully saturated rings. The summed E-state index contributed by atoms with van der Waals surface area (Å²) in [5, 5.41) is 10.8. The summed E-state index contributed by atoms with van der Waals surface area (Å²) in [6.07, 6.45) is -5.27. The van der Waals surface area contributed by atoms with Gasteiger partial charge in [0.2, 0.25) is 0 Å². The van der Waals surface area contributed by atoms with Crippen LogP contribution in [0.3, 0.4) is 0 Å². The number of likely N-dealkylation sites (tertiary alicyclic amines) is 1. The first-order chi connectivity index (χ1) is 20.0. The van der Waals surface area contributed by atoms with E-state index in [1.807, 2.05) is 36.9 Å². The summed E-state index contributed by atoms with van der Waals surface area (Å²) >= 11 is 0. The molecule has 226 valence electrons. The van der Waals surface area contributed by atoms with Crippen molar-refractivity contribution in [3.63, 3.8) is 0 Å². The maximum Gasteiger partial charge on any atom is 0.416 e. The Morgan fingerprint density at radius 1 is 1.00 bits per heavy atom. The lowest BCUT2D eigenvalue weighted by Gasteiger charge is -2.30. The molecule has 0 aromatic heterocycles. The van der Waals surface area contributed by atoms with E-state index in [-0.39, 0.29) is 30.3 Å². The van der Waals surface area contributed by atoms with Crippen LogP contribution in [0.4, 0.5) is 13.2 Å². The number of hydrogen-bond acceptors (Lipinski definition) is 5. The summed E-state index contributed by atoms with van der Waals surface area (Å²) in [6, 6.07) is 21.6. The topological polar surface area (TPSA) is 62.2 Å². The number of rotatable bonds is 12. The zero-order valence-electron chi connectivity index (χ0n) is 24.3. The highest BCUT2D eigenvalue weighted by atomic mass is 19.4. The van der Waals surface area contributed by atoms with Crippen molar-refractivity contribution in [2.75, 3.05) is 46.4 Å². The number of β-amino-alcohol motifs (C(OH)–C–C–N with tert-alkyl or cyclic N) is 1. The van der Waals surface area contributed by atoms with Gasteiger partial charge < -0.3 is 19.5 Å². The lowest BCUT2D eigenvalue weighted by Crippen LogP contribution is -2.40. The number of halogens is 3. The fourth-order valence-corrected chi connectivity index (χ4v) is 5.56. The first kappa shape index (κ1) is 31.4. The molecule has 3 aromatic rings. The SMILES string of the molecule is COc1ccc(OCC(O)CN2CC(CN(CC(C)C)C(=O)c3ccccc3)C(c3cccc(C(F)(F)F)c3)C2)cc1. The third-order valence-corrected chi connectivity index (χ3v) is 7.48. The van der Waals surface area contributed by atoms with Crippen LogP contribution >= 0.6 is 0 Å². The Morgan fingerprint density at radius 3 is 2.33 bits per heavy atom. The van der Waals surface area contributed by atoms with Crippen LogP contribution in [-0.2, 0) is 6.18 Å². The van der Waals surface area contributed by atoms with E-state index in [9.17, 15) is 23.1 Å². The van der Waals surface area contributed by atoms with Gasteiger partial charge in [-0.3, -0.25) is 9.69 Å².